The lowest BCUT2D eigenvalue weighted by Crippen LogP contribution is -2.68. The van der Waals surface area contributed by atoms with Crippen molar-refractivity contribution in [3.05, 3.63) is 0 Å². The third-order valence-electron chi connectivity index (χ3n) is 7.07. The molecule has 2 atom stereocenters. The van der Waals surface area contributed by atoms with Crippen molar-refractivity contribution in [3.63, 3.8) is 0 Å². The van der Waals surface area contributed by atoms with Gasteiger partial charge in [-0.15, -0.1) is 0 Å². The molecule has 2 aliphatic rings. The zero-order chi connectivity index (χ0) is 23.6. The Hall–Kier alpha value is -0.320. The summed E-state index contributed by atoms with van der Waals surface area (Å²) >= 11 is 0. The van der Waals surface area contributed by atoms with E-state index < -0.39 is 0 Å². The van der Waals surface area contributed by atoms with E-state index in [4.69, 9.17) is 18.9 Å². The van der Waals surface area contributed by atoms with Crippen molar-refractivity contribution in [2.24, 2.45) is 5.41 Å². The number of β-amino-alcohol motifs (C(OH)–C–C–N with tert-alkyl or cyclic N) is 1. The Labute approximate surface area is 201 Å². The summed E-state index contributed by atoms with van der Waals surface area (Å²) in [5.41, 5.74) is -0.0552. The number of ether oxygens (including phenoxy) is 4. The number of hydrogen-bond donors (Lipinski definition) is 2. The quantitative estimate of drug-likeness (QED) is 0.464. The molecule has 0 aromatic heterocycles. The van der Waals surface area contributed by atoms with Crippen LogP contribution in [0.25, 0.3) is 0 Å². The molecule has 2 heterocycles. The molecule has 0 bridgehead atoms. The van der Waals surface area contributed by atoms with Crippen molar-refractivity contribution in [2.45, 2.75) is 57.9 Å². The van der Waals surface area contributed by atoms with Crippen LogP contribution >= 0.6 is 0 Å². The highest BCUT2D eigenvalue weighted by Gasteiger charge is 2.51. The van der Waals surface area contributed by atoms with E-state index in [9.17, 15) is 10.2 Å². The van der Waals surface area contributed by atoms with E-state index in [-0.39, 0.29) is 24.7 Å². The van der Waals surface area contributed by atoms with Crippen molar-refractivity contribution in [1.82, 2.24) is 9.80 Å². The molecule has 0 aromatic rings. The Morgan fingerprint density at radius 2 is 1.36 bits per heavy atom. The van der Waals surface area contributed by atoms with Crippen molar-refractivity contribution in [3.8, 4) is 0 Å². The van der Waals surface area contributed by atoms with E-state index in [0.717, 1.165) is 32.6 Å². The topological polar surface area (TPSA) is 83.9 Å². The molecule has 0 saturated carbocycles. The number of aliphatic hydroxyl groups is 2. The molecule has 0 aliphatic carbocycles. The highest BCUT2D eigenvalue weighted by atomic mass is 16.5. The predicted molar refractivity (Wildman–Crippen MR) is 130 cm³/mol. The van der Waals surface area contributed by atoms with Crippen LogP contribution in [0, 0.1) is 5.41 Å². The largest absolute Gasteiger partial charge is 0.396 e. The van der Waals surface area contributed by atoms with Gasteiger partial charge in [0.2, 0.25) is 0 Å². The highest BCUT2D eigenvalue weighted by molar-refractivity contribution is 5.03. The van der Waals surface area contributed by atoms with Crippen LogP contribution in [-0.2, 0) is 18.9 Å². The van der Waals surface area contributed by atoms with Gasteiger partial charge < -0.3 is 29.2 Å². The molecule has 196 valence electrons. The fraction of sp³-hybridized carbons (Fsp3) is 1.00. The lowest BCUT2D eigenvalue weighted by molar-refractivity contribution is -0.146. The summed E-state index contributed by atoms with van der Waals surface area (Å²) < 4.78 is 23.3. The van der Waals surface area contributed by atoms with E-state index in [1.165, 1.54) is 38.5 Å². The minimum atomic E-state index is -0.0552. The van der Waals surface area contributed by atoms with Gasteiger partial charge in [0.25, 0.3) is 0 Å². The van der Waals surface area contributed by atoms with E-state index >= 15 is 0 Å². The van der Waals surface area contributed by atoms with Crippen molar-refractivity contribution in [1.29, 1.82) is 0 Å². The fourth-order valence-electron chi connectivity index (χ4n) is 4.93. The van der Waals surface area contributed by atoms with Gasteiger partial charge in [-0.25, -0.2) is 0 Å². The van der Waals surface area contributed by atoms with Crippen LogP contribution in [0.2, 0.25) is 0 Å². The fourth-order valence-corrected chi connectivity index (χ4v) is 4.93. The zero-order valence-electron chi connectivity index (χ0n) is 21.1. The van der Waals surface area contributed by atoms with E-state index in [1.54, 1.807) is 0 Å². The second-order valence-corrected chi connectivity index (χ2v) is 9.50. The standard InChI is InChI=1S/C25H50N2O6/c1-2-3-4-5-6-7-8-25(23-29)22-27-12-16-32-18-17-30-14-10-26(9-13-28)11-15-31-19-20-33-21-24(25)27/h24,28-29H,2-23H2,1H3. The maximum atomic E-state index is 10.3. The number of hydrogen-bond acceptors (Lipinski definition) is 8. The van der Waals surface area contributed by atoms with Gasteiger partial charge in [-0.3, -0.25) is 9.80 Å². The molecule has 2 N–H and O–H groups in total. The second-order valence-electron chi connectivity index (χ2n) is 9.50. The number of rotatable bonds is 10. The van der Waals surface area contributed by atoms with Crippen LogP contribution in [0.3, 0.4) is 0 Å². The maximum absolute atomic E-state index is 10.3. The first kappa shape index (κ1) is 28.9. The van der Waals surface area contributed by atoms with Crippen LogP contribution in [-0.4, -0.2) is 125 Å². The molecule has 0 radical (unpaired) electrons. The van der Waals surface area contributed by atoms with Gasteiger partial charge in [0.1, 0.15) is 0 Å². The molecular weight excluding hydrogens is 424 g/mol. The second kappa shape index (κ2) is 18.0. The minimum absolute atomic E-state index is 0.0552. The summed E-state index contributed by atoms with van der Waals surface area (Å²) in [5, 5.41) is 19.6. The molecule has 2 aliphatic heterocycles. The van der Waals surface area contributed by atoms with Crippen LogP contribution < -0.4 is 0 Å². The van der Waals surface area contributed by atoms with Gasteiger partial charge in [0, 0.05) is 44.2 Å². The van der Waals surface area contributed by atoms with Gasteiger partial charge >= 0.3 is 0 Å². The summed E-state index contributed by atoms with van der Waals surface area (Å²) in [4.78, 5) is 4.56. The molecule has 2 saturated heterocycles. The van der Waals surface area contributed by atoms with E-state index in [2.05, 4.69) is 16.7 Å². The first-order valence-corrected chi connectivity index (χ1v) is 13.2. The van der Waals surface area contributed by atoms with Crippen LogP contribution in [0.4, 0.5) is 0 Å². The van der Waals surface area contributed by atoms with Crippen molar-refractivity contribution < 1.29 is 29.2 Å². The number of nitrogens with zero attached hydrogens (tertiary/aromatic N) is 2. The maximum Gasteiger partial charge on any atom is 0.0701 e. The molecule has 0 aromatic carbocycles. The van der Waals surface area contributed by atoms with Gasteiger partial charge in [-0.1, -0.05) is 45.4 Å². The van der Waals surface area contributed by atoms with Gasteiger partial charge in [-0.05, 0) is 6.42 Å². The van der Waals surface area contributed by atoms with Crippen molar-refractivity contribution in [2.75, 3.05) is 98.8 Å². The lowest BCUT2D eigenvalue weighted by atomic mass is 9.69. The lowest BCUT2D eigenvalue weighted by Gasteiger charge is -2.57. The predicted octanol–water partition coefficient (Wildman–Crippen LogP) is 1.77. The third kappa shape index (κ3) is 10.9. The summed E-state index contributed by atoms with van der Waals surface area (Å²) in [7, 11) is 0. The molecule has 2 rings (SSSR count). The first-order valence-electron chi connectivity index (χ1n) is 13.2. The molecule has 0 amide bonds. The molecular formula is C25H50N2O6. The number of unbranched alkanes of at least 4 members (excludes halogenated alkanes) is 5. The minimum Gasteiger partial charge on any atom is -0.396 e. The summed E-state index contributed by atoms with van der Waals surface area (Å²) in [6.45, 7) is 11.3. The van der Waals surface area contributed by atoms with Gasteiger partial charge in [-0.2, -0.15) is 0 Å². The summed E-state index contributed by atoms with van der Waals surface area (Å²) in [5.74, 6) is 0. The smallest absolute Gasteiger partial charge is 0.0701 e. The highest BCUT2D eigenvalue weighted by Crippen LogP contribution is 2.42. The molecule has 0 spiro atoms. The Bertz CT molecular complexity index is 472. The van der Waals surface area contributed by atoms with Crippen LogP contribution in [0.1, 0.15) is 51.9 Å². The zero-order valence-corrected chi connectivity index (χ0v) is 21.1. The first-order chi connectivity index (χ1) is 16.3. The molecule has 2 unspecified atom stereocenters. The Kier molecular flexibility index (Phi) is 15.8. The Morgan fingerprint density at radius 3 is 2.00 bits per heavy atom. The van der Waals surface area contributed by atoms with E-state index in [0.29, 0.717) is 59.4 Å². The number of fused-ring (bicyclic) bond motifs is 1. The van der Waals surface area contributed by atoms with E-state index in [1.807, 2.05) is 0 Å². The number of aliphatic hydroxyl groups excluding tert-OH is 2. The SMILES string of the molecule is CCCCCCCCC1(CO)CN2CCOCCOCCN(CCO)CCOCCOCC21. The Balaban J connectivity index is 1.81. The third-order valence-corrected chi connectivity index (χ3v) is 7.07. The normalized spacial score (nSPS) is 27.9. The van der Waals surface area contributed by atoms with Crippen LogP contribution in [0.15, 0.2) is 0 Å². The molecule has 8 nitrogen and oxygen atoms in total. The Morgan fingerprint density at radius 1 is 0.758 bits per heavy atom. The van der Waals surface area contributed by atoms with Gasteiger partial charge in [0.05, 0.1) is 66.1 Å². The summed E-state index contributed by atoms with van der Waals surface area (Å²) in [6, 6.07) is 0.233. The monoisotopic (exact) mass is 474 g/mol. The van der Waals surface area contributed by atoms with Crippen molar-refractivity contribution >= 4 is 0 Å². The molecule has 2 fully saturated rings. The molecule has 33 heavy (non-hydrogen) atoms. The van der Waals surface area contributed by atoms with Crippen LogP contribution in [0.5, 0.6) is 0 Å². The molecule has 8 heteroatoms. The van der Waals surface area contributed by atoms with Gasteiger partial charge in [0.15, 0.2) is 0 Å². The average molecular weight is 475 g/mol. The summed E-state index contributed by atoms with van der Waals surface area (Å²) in [6.07, 6.45) is 8.70. The average Bonchev–Trinajstić information content (AvgIpc) is 2.81.